The van der Waals surface area contributed by atoms with Crippen LogP contribution in [0, 0.1) is 17.8 Å². The number of rotatable bonds is 2. The Morgan fingerprint density at radius 3 is 2.33 bits per heavy atom. The van der Waals surface area contributed by atoms with E-state index >= 15 is 0 Å². The van der Waals surface area contributed by atoms with Gasteiger partial charge in [0.25, 0.3) is 0 Å². The van der Waals surface area contributed by atoms with E-state index in [1.807, 2.05) is 0 Å². The third-order valence-corrected chi connectivity index (χ3v) is 5.88. The molecule has 1 aromatic rings. The molecular formula is C18H20F3NO2. The molecule has 0 radical (unpaired) electrons. The third-order valence-electron chi connectivity index (χ3n) is 5.88. The van der Waals surface area contributed by atoms with Crippen LogP contribution in [0.15, 0.2) is 24.3 Å². The Hall–Kier alpha value is -1.56. The zero-order valence-corrected chi connectivity index (χ0v) is 13.2. The summed E-state index contributed by atoms with van der Waals surface area (Å²) in [7, 11) is 0. The fourth-order valence-corrected chi connectivity index (χ4v) is 4.65. The highest BCUT2D eigenvalue weighted by Gasteiger charge is 2.58. The Bertz CT molecular complexity index is 633. The summed E-state index contributed by atoms with van der Waals surface area (Å²) in [5.41, 5.74) is -0.0295. The van der Waals surface area contributed by atoms with Gasteiger partial charge in [0.05, 0.1) is 17.7 Å². The molecule has 2 saturated carbocycles. The summed E-state index contributed by atoms with van der Waals surface area (Å²) in [6.45, 7) is 0.278. The number of β-amino-alcohol motifs (C(OH)–C–C–N with tert-alkyl or cyclic N) is 1. The molecule has 3 nitrogen and oxygen atoms in total. The quantitative estimate of drug-likeness (QED) is 0.897. The maximum Gasteiger partial charge on any atom is 0.416 e. The van der Waals surface area contributed by atoms with Crippen LogP contribution in [-0.2, 0) is 11.0 Å². The minimum Gasteiger partial charge on any atom is -0.391 e. The lowest BCUT2D eigenvalue weighted by Crippen LogP contribution is -2.34. The van der Waals surface area contributed by atoms with Crippen LogP contribution in [0.4, 0.5) is 13.2 Å². The molecule has 1 unspecified atom stereocenters. The first-order valence-electron chi connectivity index (χ1n) is 8.52. The van der Waals surface area contributed by atoms with Gasteiger partial charge in [-0.1, -0.05) is 18.6 Å². The number of hydrogen-bond donors (Lipinski definition) is 1. The van der Waals surface area contributed by atoms with Gasteiger partial charge >= 0.3 is 6.18 Å². The number of carbonyl (C=O) groups is 1. The van der Waals surface area contributed by atoms with Gasteiger partial charge in [-0.25, -0.2) is 0 Å². The molecule has 3 aliphatic rings. The summed E-state index contributed by atoms with van der Waals surface area (Å²) in [6.07, 6.45) is -1.21. The first-order chi connectivity index (χ1) is 11.4. The van der Waals surface area contributed by atoms with E-state index < -0.39 is 17.8 Å². The summed E-state index contributed by atoms with van der Waals surface area (Å²) in [5, 5.41) is 10.00. The van der Waals surface area contributed by atoms with Gasteiger partial charge in [-0.2, -0.15) is 13.2 Å². The van der Waals surface area contributed by atoms with Crippen molar-refractivity contribution in [1.82, 2.24) is 4.90 Å². The summed E-state index contributed by atoms with van der Waals surface area (Å²) < 4.78 is 38.1. The number of halogens is 3. The predicted octanol–water partition coefficient (Wildman–Crippen LogP) is 3.39. The van der Waals surface area contributed by atoms with E-state index in [9.17, 15) is 23.1 Å². The fraction of sp³-hybridized carbons (Fsp3) is 0.611. The number of alkyl halides is 3. The molecule has 24 heavy (non-hydrogen) atoms. The molecule has 1 heterocycles. The molecule has 5 atom stereocenters. The molecule has 4 rings (SSSR count). The van der Waals surface area contributed by atoms with E-state index in [-0.39, 0.29) is 24.4 Å². The monoisotopic (exact) mass is 339 g/mol. The zero-order chi connectivity index (χ0) is 17.1. The van der Waals surface area contributed by atoms with E-state index in [4.69, 9.17) is 0 Å². The molecule has 3 fully saturated rings. The minimum absolute atomic E-state index is 0.0704. The number of carbonyl (C=O) groups excluding carboxylic acids is 1. The maximum absolute atomic E-state index is 12.8. The Morgan fingerprint density at radius 1 is 1.12 bits per heavy atom. The van der Waals surface area contributed by atoms with Crippen molar-refractivity contribution in [3.63, 3.8) is 0 Å². The summed E-state index contributed by atoms with van der Waals surface area (Å²) in [4.78, 5) is 14.5. The molecule has 0 bridgehead atoms. The molecule has 1 N–H and O–H groups in total. The molecule has 6 heteroatoms. The van der Waals surface area contributed by atoms with Crippen molar-refractivity contribution < 1.29 is 23.1 Å². The number of benzene rings is 1. The minimum atomic E-state index is -4.37. The number of hydrogen-bond acceptors (Lipinski definition) is 2. The standard InChI is InChI=1S/C18H20F3NO2/c19-18(20,21)11-6-4-10(5-7-11)15-8-12(23)9-22(15)17(24)16-13-2-1-3-14(13)16/h4-7,12-16,23H,1-3,8-9H2/t12-,13-,14+,15-,16?/m0/s1. The smallest absolute Gasteiger partial charge is 0.391 e. The van der Waals surface area contributed by atoms with Crippen molar-refractivity contribution in [2.75, 3.05) is 6.54 Å². The van der Waals surface area contributed by atoms with E-state index in [0.717, 1.165) is 25.0 Å². The lowest BCUT2D eigenvalue weighted by molar-refractivity contribution is -0.138. The number of aliphatic hydroxyl groups is 1. The van der Waals surface area contributed by atoms with Gasteiger partial charge in [-0.3, -0.25) is 4.79 Å². The fourth-order valence-electron chi connectivity index (χ4n) is 4.65. The molecular weight excluding hydrogens is 319 g/mol. The molecule has 0 aromatic heterocycles. The van der Waals surface area contributed by atoms with Crippen LogP contribution in [0.3, 0.4) is 0 Å². The molecule has 2 aliphatic carbocycles. The normalized spacial score (nSPS) is 35.2. The molecule has 130 valence electrons. The Morgan fingerprint density at radius 2 is 1.75 bits per heavy atom. The van der Waals surface area contributed by atoms with Crippen LogP contribution < -0.4 is 0 Å². The Kier molecular flexibility index (Phi) is 3.64. The topological polar surface area (TPSA) is 40.5 Å². The maximum atomic E-state index is 12.8. The Balaban J connectivity index is 1.53. The van der Waals surface area contributed by atoms with Crippen LogP contribution in [0.25, 0.3) is 0 Å². The van der Waals surface area contributed by atoms with Crippen molar-refractivity contribution in [3.8, 4) is 0 Å². The second kappa shape index (κ2) is 5.48. The van der Waals surface area contributed by atoms with Gasteiger partial charge in [0.1, 0.15) is 0 Å². The molecule has 0 spiro atoms. The van der Waals surface area contributed by atoms with Crippen molar-refractivity contribution in [2.45, 2.75) is 44.0 Å². The molecule has 1 saturated heterocycles. The largest absolute Gasteiger partial charge is 0.416 e. The first-order valence-corrected chi connectivity index (χ1v) is 8.52. The third kappa shape index (κ3) is 2.61. The number of aliphatic hydroxyl groups excluding tert-OH is 1. The highest BCUT2D eigenvalue weighted by atomic mass is 19.4. The lowest BCUT2D eigenvalue weighted by atomic mass is 10.0. The molecule has 1 amide bonds. The average molecular weight is 339 g/mol. The van der Waals surface area contributed by atoms with Crippen LogP contribution >= 0.6 is 0 Å². The van der Waals surface area contributed by atoms with E-state index in [0.29, 0.717) is 23.8 Å². The lowest BCUT2D eigenvalue weighted by Gasteiger charge is -2.26. The molecule has 1 aromatic carbocycles. The van der Waals surface area contributed by atoms with Gasteiger partial charge in [-0.15, -0.1) is 0 Å². The second-order valence-electron chi connectivity index (χ2n) is 7.30. The first kappa shape index (κ1) is 15.9. The van der Waals surface area contributed by atoms with Crippen LogP contribution in [0.5, 0.6) is 0 Å². The highest BCUT2D eigenvalue weighted by Crippen LogP contribution is 2.58. The molecule has 1 aliphatic heterocycles. The van der Waals surface area contributed by atoms with Crippen LogP contribution in [0.2, 0.25) is 0 Å². The predicted molar refractivity (Wildman–Crippen MR) is 80.8 cm³/mol. The number of nitrogens with zero attached hydrogens (tertiary/aromatic N) is 1. The SMILES string of the molecule is O=C(C1[C@H]2CCC[C@@H]12)N1C[C@@H](O)C[C@H]1c1ccc(C(F)(F)F)cc1. The summed E-state index contributed by atoms with van der Waals surface area (Å²) in [5.74, 6) is 1.12. The van der Waals surface area contributed by atoms with Gasteiger partial charge in [-0.05, 0) is 48.8 Å². The number of amides is 1. The van der Waals surface area contributed by atoms with Gasteiger partial charge in [0.15, 0.2) is 0 Å². The van der Waals surface area contributed by atoms with Gasteiger partial charge in [0, 0.05) is 12.5 Å². The van der Waals surface area contributed by atoms with Gasteiger partial charge in [0.2, 0.25) is 5.91 Å². The number of fused-ring (bicyclic) bond motifs is 1. The second-order valence-corrected chi connectivity index (χ2v) is 7.30. The zero-order valence-electron chi connectivity index (χ0n) is 13.2. The van der Waals surface area contributed by atoms with Crippen LogP contribution in [-0.4, -0.2) is 28.6 Å². The number of likely N-dealkylation sites (tertiary alicyclic amines) is 1. The van der Waals surface area contributed by atoms with Gasteiger partial charge < -0.3 is 10.0 Å². The van der Waals surface area contributed by atoms with Crippen molar-refractivity contribution in [1.29, 1.82) is 0 Å². The van der Waals surface area contributed by atoms with E-state index in [2.05, 4.69) is 0 Å². The van der Waals surface area contributed by atoms with Crippen molar-refractivity contribution in [3.05, 3.63) is 35.4 Å². The van der Waals surface area contributed by atoms with Crippen molar-refractivity contribution >= 4 is 5.91 Å². The van der Waals surface area contributed by atoms with Crippen LogP contribution in [0.1, 0.15) is 42.9 Å². The van der Waals surface area contributed by atoms with Crippen molar-refractivity contribution in [2.24, 2.45) is 17.8 Å². The summed E-state index contributed by atoms with van der Waals surface area (Å²) in [6, 6.07) is 4.64. The van der Waals surface area contributed by atoms with E-state index in [1.165, 1.54) is 18.6 Å². The average Bonchev–Trinajstić information content (AvgIpc) is 2.87. The Labute approximate surface area is 138 Å². The van der Waals surface area contributed by atoms with E-state index in [1.54, 1.807) is 4.90 Å². The highest BCUT2D eigenvalue weighted by molar-refractivity contribution is 5.83. The summed E-state index contributed by atoms with van der Waals surface area (Å²) >= 11 is 0.